The van der Waals surface area contributed by atoms with Gasteiger partial charge in [0.25, 0.3) is 5.92 Å². The Morgan fingerprint density at radius 1 is 1.14 bits per heavy atom. The molecule has 2 aliphatic rings. The van der Waals surface area contributed by atoms with Crippen molar-refractivity contribution >= 4 is 11.5 Å². The van der Waals surface area contributed by atoms with E-state index in [1.165, 1.54) is 30.5 Å². The number of benzene rings is 1. The van der Waals surface area contributed by atoms with Gasteiger partial charge in [0.15, 0.2) is 0 Å². The monoisotopic (exact) mass is 382 g/mol. The van der Waals surface area contributed by atoms with Crippen molar-refractivity contribution in [2.45, 2.75) is 57.4 Å². The first-order chi connectivity index (χ1) is 13.3. The molecule has 28 heavy (non-hydrogen) atoms. The second-order valence-electron chi connectivity index (χ2n) is 7.90. The lowest BCUT2D eigenvalue weighted by atomic mass is 9.96. The van der Waals surface area contributed by atoms with E-state index in [1.54, 1.807) is 12.1 Å². The highest BCUT2D eigenvalue weighted by molar-refractivity contribution is 5.82. The number of carbonyl (C=O) groups is 1. The highest BCUT2D eigenvalue weighted by Gasteiger charge is 2.27. The number of hydrogen-bond acceptors (Lipinski definition) is 2. The van der Waals surface area contributed by atoms with Crippen LogP contribution in [0.25, 0.3) is 5.57 Å². The Morgan fingerprint density at radius 3 is 2.39 bits per heavy atom. The first-order valence-electron chi connectivity index (χ1n) is 9.79. The van der Waals surface area contributed by atoms with Crippen molar-refractivity contribution in [2.75, 3.05) is 0 Å². The topological polar surface area (TPSA) is 42.0 Å². The average molecular weight is 382 g/mol. The van der Waals surface area contributed by atoms with Gasteiger partial charge < -0.3 is 5.32 Å². The molecule has 1 saturated heterocycles. The number of pyridine rings is 1. The summed E-state index contributed by atoms with van der Waals surface area (Å²) in [5.74, 6) is -2.22. The van der Waals surface area contributed by atoms with Gasteiger partial charge in [0.2, 0.25) is 5.91 Å². The summed E-state index contributed by atoms with van der Waals surface area (Å²) < 4.78 is 27.2. The van der Waals surface area contributed by atoms with Crippen LogP contribution in [0.5, 0.6) is 0 Å². The van der Waals surface area contributed by atoms with Crippen LogP contribution in [-0.4, -0.2) is 16.9 Å². The maximum Gasteiger partial charge on any atom is 0.270 e. The lowest BCUT2D eigenvalue weighted by Crippen LogP contribution is -2.23. The van der Waals surface area contributed by atoms with Crippen molar-refractivity contribution in [3.63, 3.8) is 0 Å². The number of hydrogen-bond donors (Lipinski definition) is 1. The van der Waals surface area contributed by atoms with Crippen molar-refractivity contribution in [3.8, 4) is 0 Å². The minimum absolute atomic E-state index is 0.0157. The molecule has 2 fully saturated rings. The van der Waals surface area contributed by atoms with Crippen LogP contribution in [0.4, 0.5) is 8.78 Å². The summed E-state index contributed by atoms with van der Waals surface area (Å²) in [7, 11) is 0. The van der Waals surface area contributed by atoms with Crippen molar-refractivity contribution in [3.05, 3.63) is 70.6 Å². The van der Waals surface area contributed by atoms with Gasteiger partial charge in [0.1, 0.15) is 0 Å². The van der Waals surface area contributed by atoms with E-state index in [2.05, 4.69) is 11.4 Å². The van der Waals surface area contributed by atoms with Crippen LogP contribution in [0.1, 0.15) is 66.6 Å². The summed E-state index contributed by atoms with van der Waals surface area (Å²) in [6, 6.07) is 10.4. The normalized spacial score (nSPS) is 20.4. The van der Waals surface area contributed by atoms with Gasteiger partial charge in [-0.3, -0.25) is 9.78 Å². The van der Waals surface area contributed by atoms with E-state index >= 15 is 0 Å². The predicted molar refractivity (Wildman–Crippen MR) is 105 cm³/mol. The van der Waals surface area contributed by atoms with Gasteiger partial charge >= 0.3 is 0 Å². The molecule has 1 saturated carbocycles. The molecule has 1 amide bonds. The van der Waals surface area contributed by atoms with Crippen LogP contribution in [0.3, 0.4) is 0 Å². The standard InChI is InChI=1S/C23H24F2N2O/c1-14-19(15-3-4-15)10-11-21(26-14)20(13-18-9-12-22(28)27-18)16-5-7-17(8-6-16)23(2,24)25/h5-8,10-11,13,15,18H,3-4,9,12H2,1-2H3,(H,27,28)/b20-13+/t18-/m1/s1. The minimum Gasteiger partial charge on any atom is -0.350 e. The molecule has 0 radical (unpaired) electrons. The van der Waals surface area contributed by atoms with Crippen LogP contribution in [0.2, 0.25) is 0 Å². The molecular weight excluding hydrogens is 358 g/mol. The van der Waals surface area contributed by atoms with Crippen molar-refractivity contribution < 1.29 is 13.6 Å². The molecule has 1 aromatic heterocycles. The number of carbonyl (C=O) groups excluding carboxylic acids is 1. The molecule has 2 aromatic rings. The maximum atomic E-state index is 13.6. The van der Waals surface area contributed by atoms with Crippen LogP contribution in [0, 0.1) is 6.92 Å². The van der Waals surface area contributed by atoms with Crippen molar-refractivity contribution in [1.82, 2.24) is 10.3 Å². The van der Waals surface area contributed by atoms with E-state index < -0.39 is 5.92 Å². The molecule has 3 nitrogen and oxygen atoms in total. The first kappa shape index (κ1) is 18.8. The third kappa shape index (κ3) is 3.98. The summed E-state index contributed by atoms with van der Waals surface area (Å²) in [6.45, 7) is 2.92. The maximum absolute atomic E-state index is 13.6. The zero-order valence-electron chi connectivity index (χ0n) is 16.1. The number of rotatable bonds is 5. The number of halogens is 2. The van der Waals surface area contributed by atoms with E-state index in [4.69, 9.17) is 4.98 Å². The Bertz CT molecular complexity index is 925. The van der Waals surface area contributed by atoms with Crippen LogP contribution in [0.15, 0.2) is 42.5 Å². The molecule has 0 spiro atoms. The minimum atomic E-state index is -2.87. The van der Waals surface area contributed by atoms with Gasteiger partial charge in [-0.05, 0) is 49.3 Å². The Balaban J connectivity index is 1.73. The number of amides is 1. The first-order valence-corrected chi connectivity index (χ1v) is 9.79. The largest absolute Gasteiger partial charge is 0.350 e. The molecule has 5 heteroatoms. The van der Waals surface area contributed by atoms with E-state index in [1.807, 2.05) is 19.1 Å². The van der Waals surface area contributed by atoms with E-state index in [0.717, 1.165) is 35.9 Å². The zero-order chi connectivity index (χ0) is 19.9. The fourth-order valence-electron chi connectivity index (χ4n) is 3.78. The molecule has 2 heterocycles. The quantitative estimate of drug-likeness (QED) is 0.783. The molecule has 4 rings (SSSR count). The number of aryl methyl sites for hydroxylation is 1. The molecule has 146 valence electrons. The summed E-state index contributed by atoms with van der Waals surface area (Å²) >= 11 is 0. The lowest BCUT2D eigenvalue weighted by molar-refractivity contribution is -0.119. The summed E-state index contributed by atoms with van der Waals surface area (Å²) in [4.78, 5) is 16.4. The van der Waals surface area contributed by atoms with E-state index in [0.29, 0.717) is 12.3 Å². The molecule has 1 aliphatic heterocycles. The van der Waals surface area contributed by atoms with Gasteiger partial charge in [-0.25, -0.2) is 8.78 Å². The molecule has 1 N–H and O–H groups in total. The van der Waals surface area contributed by atoms with Crippen molar-refractivity contribution in [1.29, 1.82) is 0 Å². The summed E-state index contributed by atoms with van der Waals surface area (Å²) in [6.07, 6.45) is 5.66. The van der Waals surface area contributed by atoms with Gasteiger partial charge in [-0.15, -0.1) is 0 Å². The second-order valence-corrected chi connectivity index (χ2v) is 7.90. The average Bonchev–Trinajstić information content (AvgIpc) is 3.40. The Kier molecular flexibility index (Phi) is 4.77. The highest BCUT2D eigenvalue weighted by Crippen LogP contribution is 2.41. The van der Waals surface area contributed by atoms with Crippen LogP contribution < -0.4 is 5.32 Å². The molecule has 0 bridgehead atoms. The van der Waals surface area contributed by atoms with Crippen molar-refractivity contribution in [2.24, 2.45) is 0 Å². The molecule has 1 atom stereocenters. The molecule has 1 aromatic carbocycles. The highest BCUT2D eigenvalue weighted by atomic mass is 19.3. The molecule has 1 aliphatic carbocycles. The molecule has 0 unspecified atom stereocenters. The fraction of sp³-hybridized carbons (Fsp3) is 0.391. The Labute approximate surface area is 163 Å². The number of aromatic nitrogens is 1. The van der Waals surface area contributed by atoms with Gasteiger partial charge in [0.05, 0.1) is 5.69 Å². The number of nitrogens with zero attached hydrogens (tertiary/aromatic N) is 1. The smallest absolute Gasteiger partial charge is 0.270 e. The third-order valence-corrected chi connectivity index (χ3v) is 5.52. The Morgan fingerprint density at radius 2 is 1.86 bits per heavy atom. The number of alkyl halides is 2. The van der Waals surface area contributed by atoms with Gasteiger partial charge in [-0.2, -0.15) is 0 Å². The fourth-order valence-corrected chi connectivity index (χ4v) is 3.78. The third-order valence-electron chi connectivity index (χ3n) is 5.52. The zero-order valence-corrected chi connectivity index (χ0v) is 16.1. The van der Waals surface area contributed by atoms with E-state index in [9.17, 15) is 13.6 Å². The lowest BCUT2D eigenvalue weighted by Gasteiger charge is -2.15. The van der Waals surface area contributed by atoms with Gasteiger partial charge in [-0.1, -0.05) is 36.4 Å². The summed E-state index contributed by atoms with van der Waals surface area (Å²) in [5, 5.41) is 2.95. The second kappa shape index (κ2) is 7.12. The summed E-state index contributed by atoms with van der Waals surface area (Å²) in [5.41, 5.74) is 4.78. The molecular formula is C23H24F2N2O. The van der Waals surface area contributed by atoms with Crippen LogP contribution >= 0.6 is 0 Å². The SMILES string of the molecule is Cc1nc(/C(=C/[C@H]2CCC(=O)N2)c2ccc(C(C)(F)F)cc2)ccc1C1CC1. The van der Waals surface area contributed by atoms with Gasteiger partial charge in [0, 0.05) is 36.2 Å². The predicted octanol–water partition coefficient (Wildman–Crippen LogP) is 5.09. The Hall–Kier alpha value is -2.56. The number of nitrogens with one attached hydrogen (secondary N) is 1. The van der Waals surface area contributed by atoms with Crippen LogP contribution in [-0.2, 0) is 10.7 Å². The van der Waals surface area contributed by atoms with E-state index in [-0.39, 0.29) is 17.5 Å².